The molecule has 0 spiro atoms. The van der Waals surface area contributed by atoms with E-state index in [9.17, 15) is 167 Å². The molecule has 17 nitrogen and oxygen atoms in total. The average Bonchev–Trinajstić information content (AvgIpc) is 1.73. The fraction of sp³-hybridized carbons (Fsp3) is 0.108. The predicted molar refractivity (Wildman–Crippen MR) is 423 cm³/mol. The van der Waals surface area contributed by atoms with E-state index in [4.69, 9.17) is 42.6 Å². The summed E-state index contributed by atoms with van der Waals surface area (Å²) in [4.78, 5) is 43.7. The van der Waals surface area contributed by atoms with Gasteiger partial charge in [0, 0.05) is 44.8 Å². The molecule has 0 bridgehead atoms. The molecule has 11 aromatic carbocycles. The van der Waals surface area contributed by atoms with Crippen LogP contribution in [-0.2, 0) is 49.1 Å². The van der Waals surface area contributed by atoms with Gasteiger partial charge in [0.25, 0.3) is 0 Å². The molecule has 0 unspecified atom stereocenters. The van der Waals surface area contributed by atoms with Crippen LogP contribution in [0.4, 0.5) is 137 Å². The zero-order valence-corrected chi connectivity index (χ0v) is 69.9. The molecule has 1 heterocycles. The zero-order valence-electron chi connectivity index (χ0n) is 69.1. The SMILES string of the molecule is N#CC(C#N)=C(C(=C(C#N)C#N)c1ccc(/C=C/c2ccc(N(CCOC(=O)c3cc(OCc4c(F)c(F)c(F)c(F)c4F)cc(OCc4c(F)c(F)c(F)c(F)c4F)c3)CCOC(=O)c3cc(OCc4c(F)c(F)c(F)c(F)c4F)cc(OCc4c(F)c(F)c(F)c(F)c4F)c3)cc2)s1)c1cccc(OC(=O)c2cc(OCc3c(F)c(F)c(F)c(F)c3F)cc(OCc3c(F)c(F)c(F)c(F)c3F)c2)c1. The molecule has 48 heteroatoms. The minimum atomic E-state index is -2.60. The maximum Gasteiger partial charge on any atom is 0.343 e. The lowest BCUT2D eigenvalue weighted by Crippen LogP contribution is -2.32. The molecule has 141 heavy (non-hydrogen) atoms. The summed E-state index contributed by atoms with van der Waals surface area (Å²) in [6.07, 6.45) is 2.82. The van der Waals surface area contributed by atoms with Gasteiger partial charge >= 0.3 is 17.9 Å². The zero-order chi connectivity index (χ0) is 103. The first-order valence-corrected chi connectivity index (χ1v) is 39.4. The van der Waals surface area contributed by atoms with Gasteiger partial charge in [0.1, 0.15) is 129 Å². The van der Waals surface area contributed by atoms with Crippen molar-refractivity contribution in [2.75, 3.05) is 31.2 Å². The summed E-state index contributed by atoms with van der Waals surface area (Å²) in [6, 6.07) is 24.8. The topological polar surface area (TPSA) is 233 Å². The van der Waals surface area contributed by atoms with E-state index in [0.717, 1.165) is 29.5 Å². The Hall–Kier alpha value is -16.8. The molecule has 0 saturated carbocycles. The summed E-state index contributed by atoms with van der Waals surface area (Å²) < 4.78 is 481. The number of benzene rings is 11. The van der Waals surface area contributed by atoms with Crippen molar-refractivity contribution in [3.63, 3.8) is 0 Å². The number of hydrogen-bond donors (Lipinski definition) is 0. The molecule has 0 amide bonds. The summed E-state index contributed by atoms with van der Waals surface area (Å²) in [5.74, 6) is -83.9. The van der Waals surface area contributed by atoms with E-state index < -0.39 is 371 Å². The van der Waals surface area contributed by atoms with Crippen LogP contribution in [0.5, 0.6) is 40.2 Å². The molecule has 12 rings (SSSR count). The van der Waals surface area contributed by atoms with Gasteiger partial charge in [-0.05, 0) is 90.0 Å². The van der Waals surface area contributed by atoms with E-state index in [-0.39, 0.29) is 26.6 Å². The monoisotopic (exact) mass is 2020 g/mol. The number of anilines is 1. The average molecular weight is 2020 g/mol. The van der Waals surface area contributed by atoms with Crippen LogP contribution in [-0.4, -0.2) is 44.2 Å². The molecule has 0 aliphatic rings. The lowest BCUT2D eigenvalue weighted by molar-refractivity contribution is 0.0501. The van der Waals surface area contributed by atoms with Crippen molar-refractivity contribution < 1.29 is 189 Å². The van der Waals surface area contributed by atoms with Crippen molar-refractivity contribution in [2.24, 2.45) is 0 Å². The van der Waals surface area contributed by atoms with Gasteiger partial charge in [-0.25, -0.2) is 146 Å². The molecular formula is C93H41F30N5O12S. The summed E-state index contributed by atoms with van der Waals surface area (Å²) >= 11 is 0.779. The molecule has 0 aliphatic heterocycles. The fourth-order valence-electron chi connectivity index (χ4n) is 12.7. The summed E-state index contributed by atoms with van der Waals surface area (Å²) in [5.41, 5.74) is -14.6. The number of nitrogens with zero attached hydrogens (tertiary/aromatic N) is 5. The highest BCUT2D eigenvalue weighted by Gasteiger charge is 2.35. The lowest BCUT2D eigenvalue weighted by Gasteiger charge is -2.25. The van der Waals surface area contributed by atoms with Crippen LogP contribution >= 0.6 is 11.3 Å². The normalized spacial score (nSPS) is 11.1. The highest BCUT2D eigenvalue weighted by Crippen LogP contribution is 2.43. The third-order valence-corrected chi connectivity index (χ3v) is 20.8. The second-order valence-electron chi connectivity index (χ2n) is 28.4. The maximum absolute atomic E-state index is 14.9. The van der Waals surface area contributed by atoms with Crippen LogP contribution in [0.15, 0.2) is 126 Å². The minimum absolute atomic E-state index is 0.0558. The first kappa shape index (κ1) is 103. The minimum Gasteiger partial charge on any atom is -0.489 e. The quantitative estimate of drug-likeness (QED) is 0.00693. The van der Waals surface area contributed by atoms with E-state index in [1.165, 1.54) is 59.5 Å². The van der Waals surface area contributed by atoms with E-state index >= 15 is 0 Å². The number of rotatable bonds is 34. The van der Waals surface area contributed by atoms with Gasteiger partial charge in [0.05, 0.1) is 63.2 Å². The van der Waals surface area contributed by atoms with Crippen molar-refractivity contribution in [3.05, 3.63) is 372 Å². The van der Waals surface area contributed by atoms with Crippen LogP contribution < -0.4 is 38.1 Å². The number of allylic oxidation sites excluding steroid dienone is 4. The maximum atomic E-state index is 14.9. The molecule has 0 saturated heterocycles. The Morgan fingerprint density at radius 3 is 0.809 bits per heavy atom. The molecule has 0 fully saturated rings. The van der Waals surface area contributed by atoms with Gasteiger partial charge in [-0.15, -0.1) is 11.3 Å². The smallest absolute Gasteiger partial charge is 0.343 e. The van der Waals surface area contributed by atoms with Crippen molar-refractivity contribution in [1.29, 1.82) is 21.0 Å². The summed E-state index contributed by atoms with van der Waals surface area (Å²) in [5, 5.41) is 41.7. The van der Waals surface area contributed by atoms with Crippen LogP contribution in [0.1, 0.15) is 85.3 Å². The summed E-state index contributed by atoms with van der Waals surface area (Å²) in [7, 11) is 0. The van der Waals surface area contributed by atoms with Crippen molar-refractivity contribution in [1.82, 2.24) is 0 Å². The Labute approximate surface area is 772 Å². The van der Waals surface area contributed by atoms with Crippen LogP contribution in [0.2, 0.25) is 0 Å². The van der Waals surface area contributed by atoms with Crippen LogP contribution in [0, 0.1) is 220 Å². The summed E-state index contributed by atoms with van der Waals surface area (Å²) in [6.45, 7) is -12.2. The molecule has 0 radical (unpaired) electrons. The standard InChI is InChI=1S/C93H41F30N5O12S/c94-61-52(62(95)74(107)85(118)73(61)106)30-134-45-17-38(18-46(23-45)135-31-53-63(96)75(108)86(119)76(109)64(53)97)91(129)132-14-12-128(13-15-133-92(130)39-19-47(136-32-54-65(98)77(110)87(120)78(111)66(54)99)24-48(20-39)137-33-55-67(100)79(112)88(121)80(113)68(55)101)43-7-4-36(5-8-43)6-9-51-10-11-58(141-51)60(42(28-126)29-127)59(41(26-124)27-125)37-2-1-3-44(16-37)140-93(131)40-21-49(138-34-56-69(102)81(114)89(122)82(115)70(56)103)25-50(22-40)139-35-57-71(104)83(116)90(123)84(117)72(57)105/h1-11,16-25H,12-15,30-35H2/b9-6+. The number of hydrogen-bond acceptors (Lipinski definition) is 18. The highest BCUT2D eigenvalue weighted by molar-refractivity contribution is 7.14. The van der Waals surface area contributed by atoms with Gasteiger partial charge in [0.15, 0.2) is 140 Å². The Morgan fingerprint density at radius 2 is 0.532 bits per heavy atom. The third kappa shape index (κ3) is 21.9. The molecule has 0 atom stereocenters. The number of ether oxygens (including phenoxy) is 9. The van der Waals surface area contributed by atoms with Crippen LogP contribution in [0.3, 0.4) is 0 Å². The Morgan fingerprint density at radius 1 is 0.277 bits per heavy atom. The van der Waals surface area contributed by atoms with E-state index in [2.05, 4.69) is 0 Å². The van der Waals surface area contributed by atoms with Gasteiger partial charge in [-0.2, -0.15) is 21.0 Å². The van der Waals surface area contributed by atoms with Crippen molar-refractivity contribution >= 4 is 58.2 Å². The first-order chi connectivity index (χ1) is 66.9. The van der Waals surface area contributed by atoms with Gasteiger partial charge < -0.3 is 47.5 Å². The number of carbonyl (C=O) groups is 3. The Balaban J connectivity index is 0.833. The van der Waals surface area contributed by atoms with E-state index in [1.807, 2.05) is 0 Å². The van der Waals surface area contributed by atoms with Gasteiger partial charge in [0.2, 0.25) is 34.9 Å². The Kier molecular flexibility index (Phi) is 32.0. The number of thiophene rings is 1. The van der Waals surface area contributed by atoms with Gasteiger partial charge in [-0.1, -0.05) is 30.3 Å². The third-order valence-electron chi connectivity index (χ3n) is 19.7. The molecule has 12 aromatic rings. The predicted octanol–water partition coefficient (Wildman–Crippen LogP) is 23.6. The molecule has 726 valence electrons. The number of carbonyl (C=O) groups excluding carboxylic acids is 3. The molecule has 0 aliphatic carbocycles. The van der Waals surface area contributed by atoms with Crippen molar-refractivity contribution in [2.45, 2.75) is 39.6 Å². The van der Waals surface area contributed by atoms with Crippen molar-refractivity contribution in [3.8, 4) is 64.5 Å². The molecule has 1 aromatic heterocycles. The second-order valence-corrected chi connectivity index (χ2v) is 29.5. The number of nitriles is 4. The largest absolute Gasteiger partial charge is 0.489 e. The van der Waals surface area contributed by atoms with E-state index in [1.54, 1.807) is 24.3 Å². The number of halogens is 30. The highest BCUT2D eigenvalue weighted by atomic mass is 32.1. The fourth-order valence-corrected chi connectivity index (χ4v) is 13.7. The van der Waals surface area contributed by atoms with Crippen LogP contribution in [0.25, 0.3) is 23.3 Å². The Bertz CT molecular complexity index is 6710. The lowest BCUT2D eigenvalue weighted by atomic mass is 9.89. The first-order valence-electron chi connectivity index (χ1n) is 38.6. The van der Waals surface area contributed by atoms with Gasteiger partial charge in [-0.3, -0.25) is 0 Å². The molecular weight excluding hydrogens is 1980 g/mol. The second kappa shape index (κ2) is 43.7. The molecule has 0 N–H and O–H groups in total. The number of esters is 3. The van der Waals surface area contributed by atoms with E-state index in [0.29, 0.717) is 54.6 Å².